The lowest BCUT2D eigenvalue weighted by Gasteiger charge is -2.28. The maximum absolute atomic E-state index is 15.2. The van der Waals surface area contributed by atoms with E-state index >= 15 is 4.39 Å². The predicted octanol–water partition coefficient (Wildman–Crippen LogP) is 6.41. The first kappa shape index (κ1) is 62.6. The molecule has 6 heterocycles. The van der Waals surface area contributed by atoms with E-state index in [0.29, 0.717) is 31.8 Å². The number of carbonyl (C=O) groups excluding carboxylic acids is 6. The molecule has 7 rings (SSSR count). The van der Waals surface area contributed by atoms with Gasteiger partial charge in [0.05, 0.1) is 52.9 Å². The molecule has 0 radical (unpaired) electrons. The molecule has 3 saturated heterocycles. The molecule has 6 atom stereocenters. The molecule has 30 nitrogen and oxygen atoms in total. The highest BCUT2D eigenvalue weighted by Crippen LogP contribution is 2.35. The number of aliphatic hydroxyl groups excluding tert-OH is 3. The fourth-order valence-corrected chi connectivity index (χ4v) is 13.7. The van der Waals surface area contributed by atoms with Crippen molar-refractivity contribution in [2.24, 2.45) is 43.1 Å². The Labute approximate surface area is 585 Å². The van der Waals surface area contributed by atoms with Crippen LogP contribution < -0.4 is 20.5 Å². The molecule has 0 aliphatic carbocycles. The number of nitrogens with one attached hydrogen (secondary N) is 3. The van der Waals surface area contributed by atoms with Crippen molar-refractivity contribution in [1.29, 1.82) is 0 Å². The maximum atomic E-state index is 15.2. The number of nitrogens with zero attached hydrogens (tertiary/aromatic N) is 6. The van der Waals surface area contributed by atoms with Gasteiger partial charge in [0.2, 0.25) is 20.0 Å². The van der Waals surface area contributed by atoms with Crippen molar-refractivity contribution in [3.05, 3.63) is 82.7 Å². The molecule has 3 aromatic heterocycles. The van der Waals surface area contributed by atoms with Crippen LogP contribution in [0.4, 0.5) is 46.4 Å². The third kappa shape index (κ3) is 18.9. The number of benzene rings is 1. The summed E-state index contributed by atoms with van der Waals surface area (Å²) in [6.45, 7) is 13.5. The van der Waals surface area contributed by atoms with E-state index in [1.54, 1.807) is 46.4 Å². The number of esters is 2. The second-order valence-corrected chi connectivity index (χ2v) is 28.4. The highest BCUT2D eigenvalue weighted by Gasteiger charge is 2.49. The monoisotopic (exact) mass is 1490 g/mol. The lowest BCUT2D eigenvalue weighted by molar-refractivity contribution is 0.0499. The zero-order valence-electron chi connectivity index (χ0n) is 77.4. The molecule has 3 aliphatic heterocycles. The Morgan fingerprint density at radius 1 is 0.547 bits per heavy atom. The number of ether oxygens (including phenoxy) is 5. The zero-order chi connectivity index (χ0) is 96.3. The van der Waals surface area contributed by atoms with Crippen molar-refractivity contribution >= 4 is 81.6 Å². The SMILES string of the molecule is CCOC(=O)N1CC(N)C(C)(CO)C1.CCOC(=O)N1CC(NS(=O)(=O)c2cn(C)c(C(=O)Nc3cc(F)c(F)c(F)c3)c2F)C(C)(CO)C1.CCOC(=O)c1c(F)c(S(=O)(=O)Cl)cn1C.CCOC(=O)c1c(F)c(S(=O)(=O)NC2CN(C(=O)OCC)CC2(C)CO)cn1C.[2H][2H].[2H][2H].[2H][2H].[2H][2H].[2H][2H].[2H][2H].[2H][2H].[2H][2H].[2H][2H].[2H][2H].[2H][2H].[2H][2H]. The number of anilines is 1. The Morgan fingerprint density at radius 3 is 1.19 bits per heavy atom. The summed E-state index contributed by atoms with van der Waals surface area (Å²) in [5.41, 5.74) is 1.01. The molecule has 558 valence electrons. The summed E-state index contributed by atoms with van der Waals surface area (Å²) in [5.74, 6) is -12.0. The lowest BCUT2D eigenvalue weighted by atomic mass is 9.87. The van der Waals surface area contributed by atoms with Crippen LogP contribution in [0, 0.1) is 51.1 Å². The maximum Gasteiger partial charge on any atom is 0.409 e. The molecule has 0 saturated carbocycles. The second kappa shape index (κ2) is 32.7. The molecule has 0 bridgehead atoms. The van der Waals surface area contributed by atoms with Gasteiger partial charge in [0.15, 0.2) is 46.3 Å². The summed E-state index contributed by atoms with van der Waals surface area (Å²) in [6, 6.07) is -1.16. The first-order valence-electron chi connectivity index (χ1n) is 40.7. The number of carbonyl (C=O) groups is 6. The molecule has 6 unspecified atom stereocenters. The minimum atomic E-state index is -4.63. The summed E-state index contributed by atoms with van der Waals surface area (Å²) < 4.78 is 309. The fraction of sp³-hybridized carbons (Fsp3) is 0.564. The minimum Gasteiger partial charge on any atom is -0.461 e. The number of nitrogens with two attached hydrogens (primary N) is 1. The van der Waals surface area contributed by atoms with Gasteiger partial charge in [-0.2, -0.15) is 0 Å². The zero-order valence-corrected chi connectivity index (χ0v) is 56.6. The molecule has 3 aliphatic rings. The average molecular weight is 1490 g/mol. The number of aliphatic hydroxyl groups is 3. The van der Waals surface area contributed by atoms with E-state index in [4.69, 9.17) is 76.1 Å². The van der Waals surface area contributed by atoms with E-state index in [1.807, 2.05) is 12.2 Å². The summed E-state index contributed by atoms with van der Waals surface area (Å²) in [5, 5.41) is 30.8. The molecule has 8 N–H and O–H groups in total. The molecule has 4 amide bonds. The van der Waals surface area contributed by atoms with E-state index in [-0.39, 0.29) is 71.3 Å². The second-order valence-electron chi connectivity index (χ2n) is 22.5. The Kier molecular flexibility index (Phi) is 21.5. The number of hydrogen-bond donors (Lipinski definition) is 7. The van der Waals surface area contributed by atoms with Crippen LogP contribution in [0.3, 0.4) is 0 Å². The fourth-order valence-electron chi connectivity index (χ4n) is 9.78. The topological polar surface area (TPSA) is 398 Å². The van der Waals surface area contributed by atoms with Gasteiger partial charge in [-0.05, 0) is 34.6 Å². The van der Waals surface area contributed by atoms with Gasteiger partial charge in [0.1, 0.15) is 20.4 Å². The molecular weight excluding hydrogens is 1370 g/mol. The molecule has 1 aromatic carbocycles. The van der Waals surface area contributed by atoms with E-state index in [1.165, 1.54) is 37.9 Å². The van der Waals surface area contributed by atoms with Crippen LogP contribution in [0.15, 0.2) is 45.4 Å². The Bertz CT molecular complexity index is 3890. The highest BCUT2D eigenvalue weighted by molar-refractivity contribution is 8.13. The number of likely N-dealkylation sites (tertiary alicyclic amines) is 3. The van der Waals surface area contributed by atoms with E-state index in [9.17, 15) is 86.2 Å². The van der Waals surface area contributed by atoms with Crippen LogP contribution in [-0.2, 0) is 73.9 Å². The van der Waals surface area contributed by atoms with Crippen LogP contribution in [-0.4, -0.2) is 215 Å². The average Bonchev–Trinajstić information content (AvgIpc) is 1.62. The molecule has 4 aromatic rings. The molecular formula is C55H101ClF6N10O20S3. The molecule has 95 heavy (non-hydrogen) atoms. The normalized spacial score (nSPS) is 22.0. The first-order valence-corrected chi connectivity index (χ1v) is 34.0. The quantitative estimate of drug-likeness (QED) is 0.0175. The van der Waals surface area contributed by atoms with Gasteiger partial charge in [0, 0.05) is 178 Å². The van der Waals surface area contributed by atoms with Crippen LogP contribution >= 0.6 is 10.7 Å². The van der Waals surface area contributed by atoms with Crippen LogP contribution in [0.5, 0.6) is 0 Å². The number of amides is 4. The van der Waals surface area contributed by atoms with E-state index in [0.717, 1.165) is 32.3 Å². The highest BCUT2D eigenvalue weighted by atomic mass is 35.7. The van der Waals surface area contributed by atoms with Gasteiger partial charge in [-0.1, -0.05) is 20.8 Å². The Morgan fingerprint density at radius 2 is 0.863 bits per heavy atom. The van der Waals surface area contributed by atoms with Gasteiger partial charge < -0.3 is 78.5 Å². The van der Waals surface area contributed by atoms with Crippen LogP contribution in [0.25, 0.3) is 0 Å². The summed E-state index contributed by atoms with van der Waals surface area (Å²) in [7, 11) is -4.45. The summed E-state index contributed by atoms with van der Waals surface area (Å²) in [4.78, 5) is 72.9. The van der Waals surface area contributed by atoms with Crippen molar-refractivity contribution in [2.45, 2.75) is 88.2 Å². The van der Waals surface area contributed by atoms with Gasteiger partial charge in [0.25, 0.3) is 15.0 Å². The van der Waals surface area contributed by atoms with Crippen molar-refractivity contribution in [3.63, 3.8) is 0 Å². The standard InChI is InChI=1S/C21H24F4N4O6S.C17H26FN3O7S.C9H18N2O3.C8H9ClFNO4S.12H2/c1-4-35-20(32)29-8-15(21(2,9-29)10-30)27-36(33,34)14-7-28(3)18(17(14)25)19(31)26-11-5-12(22)16(24)13(23)6-11;1-5-27-15(23)14-13(18)11(7-20(14)4)29(25,26)19-12-8-21(16(24)28-6-2)9-17(12,3)10-22;1-3-14-8(13)11-4-7(10)9(2,5-11)6-12;1-3-15-8(12)7-6(10)5(4-11(7)2)16(9,13)14;;;;;;;;;;;;/h5-7,15,27,30H,4,8-10H2,1-3H3,(H,26,31);7,12,19,22H,5-6,8-10H2,1-4H3;7,12H,3-6,10H2,1-2H3;4H,3H2,1-2H3;12*1H/i;;;;12*1+1D. The molecule has 3 fully saturated rings. The number of halogens is 7. The van der Waals surface area contributed by atoms with Gasteiger partial charge in [-0.15, -0.1) is 0 Å². The van der Waals surface area contributed by atoms with Gasteiger partial charge >= 0.3 is 30.2 Å². The predicted molar refractivity (Wildman–Crippen MR) is 348 cm³/mol. The van der Waals surface area contributed by atoms with Crippen LogP contribution in [0.1, 0.15) is 122 Å². The number of aryl methyl sites for hydroxylation is 3. The van der Waals surface area contributed by atoms with Crippen molar-refractivity contribution in [3.8, 4) is 0 Å². The largest absolute Gasteiger partial charge is 0.461 e. The van der Waals surface area contributed by atoms with E-state index in [2.05, 4.69) is 14.2 Å². The number of hydrogen-bond acceptors (Lipinski definition) is 21. The third-order valence-electron chi connectivity index (χ3n) is 15.2. The smallest absolute Gasteiger partial charge is 0.409 e. The summed E-state index contributed by atoms with van der Waals surface area (Å²) in [6.07, 6.45) is 1.01. The van der Waals surface area contributed by atoms with Crippen molar-refractivity contribution in [2.75, 3.05) is 97.4 Å². The van der Waals surface area contributed by atoms with Crippen molar-refractivity contribution in [1.82, 2.24) is 37.8 Å². The third-order valence-corrected chi connectivity index (χ3v) is 19.4. The Balaban J connectivity index is -0.000000186. The summed E-state index contributed by atoms with van der Waals surface area (Å²) >= 11 is 0. The number of rotatable bonds is 19. The van der Waals surface area contributed by atoms with Gasteiger partial charge in [-0.3, -0.25) is 4.79 Å². The lowest BCUT2D eigenvalue weighted by Crippen LogP contribution is -2.47. The van der Waals surface area contributed by atoms with E-state index < -0.39 is 173 Å². The van der Waals surface area contributed by atoms with Gasteiger partial charge in [-0.25, -0.2) is 85.0 Å². The van der Waals surface area contributed by atoms with Crippen LogP contribution in [0.2, 0.25) is 0 Å². The number of aromatic nitrogens is 3. The minimum absolute atomic E-state index is 0.00437. The Hall–Kier alpha value is -7.24. The molecule has 0 spiro atoms. The van der Waals surface area contributed by atoms with Crippen molar-refractivity contribution < 1.29 is 155 Å². The molecule has 40 heteroatoms. The first-order chi connectivity index (χ1) is 56.1. The number of sulfonamides is 2.